The summed E-state index contributed by atoms with van der Waals surface area (Å²) in [6, 6.07) is 13.0. The van der Waals surface area contributed by atoms with Gasteiger partial charge in [-0.15, -0.1) is 0 Å². The molecule has 0 bridgehead atoms. The van der Waals surface area contributed by atoms with Crippen LogP contribution >= 0.6 is 23.2 Å². The van der Waals surface area contributed by atoms with E-state index in [1.54, 1.807) is 30.3 Å². The van der Waals surface area contributed by atoms with E-state index in [0.717, 1.165) is 0 Å². The summed E-state index contributed by atoms with van der Waals surface area (Å²) in [7, 11) is -3.76. The summed E-state index contributed by atoms with van der Waals surface area (Å²) >= 11 is 12.1. The SMILES string of the molecule is N#Cc1ccccc1S(=O)(=O)NCCc1c(Cl)cccc1Cl. The van der Waals surface area contributed by atoms with E-state index in [4.69, 9.17) is 28.5 Å². The molecule has 0 heterocycles. The lowest BCUT2D eigenvalue weighted by atomic mass is 10.1. The van der Waals surface area contributed by atoms with Crippen molar-refractivity contribution in [3.8, 4) is 6.07 Å². The third-order valence-corrected chi connectivity index (χ3v) is 5.25. The highest BCUT2D eigenvalue weighted by atomic mass is 35.5. The number of nitrogens with zero attached hydrogens (tertiary/aromatic N) is 1. The zero-order chi connectivity index (χ0) is 16.2. The molecule has 1 N–H and O–H groups in total. The molecule has 7 heteroatoms. The van der Waals surface area contributed by atoms with Crippen LogP contribution in [0.5, 0.6) is 0 Å². The van der Waals surface area contributed by atoms with Gasteiger partial charge in [-0.1, -0.05) is 41.4 Å². The first kappa shape index (κ1) is 16.8. The molecule has 0 unspecified atom stereocenters. The standard InChI is InChI=1S/C15H12Cl2N2O2S/c16-13-5-3-6-14(17)12(13)8-9-19-22(20,21)15-7-2-1-4-11(15)10-18/h1-7,19H,8-9H2. The summed E-state index contributed by atoms with van der Waals surface area (Å²) in [6.45, 7) is 0.131. The monoisotopic (exact) mass is 354 g/mol. The fourth-order valence-electron chi connectivity index (χ4n) is 1.95. The molecule has 2 aromatic rings. The molecule has 114 valence electrons. The normalized spacial score (nSPS) is 11.1. The Morgan fingerprint density at radius 2 is 1.68 bits per heavy atom. The fourth-order valence-corrected chi connectivity index (χ4v) is 3.73. The van der Waals surface area contributed by atoms with Crippen LogP contribution in [0.3, 0.4) is 0 Å². The number of sulfonamides is 1. The largest absolute Gasteiger partial charge is 0.241 e. The predicted octanol–water partition coefficient (Wildman–Crippen LogP) is 3.39. The van der Waals surface area contributed by atoms with E-state index in [1.165, 1.54) is 12.1 Å². The first-order valence-electron chi connectivity index (χ1n) is 6.37. The van der Waals surface area contributed by atoms with Crippen LogP contribution in [-0.4, -0.2) is 15.0 Å². The van der Waals surface area contributed by atoms with Crippen molar-refractivity contribution in [3.05, 3.63) is 63.6 Å². The van der Waals surface area contributed by atoms with E-state index in [2.05, 4.69) is 4.72 Å². The van der Waals surface area contributed by atoms with Gasteiger partial charge in [-0.25, -0.2) is 13.1 Å². The number of hydrogen-bond acceptors (Lipinski definition) is 3. The maximum atomic E-state index is 12.2. The highest BCUT2D eigenvalue weighted by Crippen LogP contribution is 2.24. The molecule has 4 nitrogen and oxygen atoms in total. The third-order valence-electron chi connectivity index (χ3n) is 3.03. The summed E-state index contributed by atoms with van der Waals surface area (Å²) in [4.78, 5) is -0.0391. The number of nitrogens with one attached hydrogen (secondary N) is 1. The lowest BCUT2D eigenvalue weighted by Gasteiger charge is -2.10. The van der Waals surface area contributed by atoms with Gasteiger partial charge in [0.2, 0.25) is 10.0 Å². The second-order valence-electron chi connectivity index (χ2n) is 4.46. The van der Waals surface area contributed by atoms with E-state index in [-0.39, 0.29) is 17.0 Å². The van der Waals surface area contributed by atoms with E-state index >= 15 is 0 Å². The van der Waals surface area contributed by atoms with E-state index in [1.807, 2.05) is 6.07 Å². The van der Waals surface area contributed by atoms with Gasteiger partial charge in [-0.3, -0.25) is 0 Å². The second kappa shape index (κ2) is 7.12. The van der Waals surface area contributed by atoms with Crippen molar-refractivity contribution < 1.29 is 8.42 Å². The van der Waals surface area contributed by atoms with Crippen LogP contribution in [0, 0.1) is 11.3 Å². The van der Waals surface area contributed by atoms with E-state index in [0.29, 0.717) is 22.0 Å². The van der Waals surface area contributed by atoms with Gasteiger partial charge in [0, 0.05) is 16.6 Å². The molecule has 0 aromatic heterocycles. The van der Waals surface area contributed by atoms with Gasteiger partial charge in [0.05, 0.1) is 10.5 Å². The van der Waals surface area contributed by atoms with Gasteiger partial charge < -0.3 is 0 Å². The molecule has 0 fully saturated rings. The van der Waals surface area contributed by atoms with E-state index in [9.17, 15) is 8.42 Å². The van der Waals surface area contributed by atoms with Crippen LogP contribution < -0.4 is 4.72 Å². The molecule has 0 atom stereocenters. The van der Waals surface area contributed by atoms with Gasteiger partial charge in [-0.2, -0.15) is 5.26 Å². The van der Waals surface area contributed by atoms with Crippen LogP contribution in [0.15, 0.2) is 47.4 Å². The van der Waals surface area contributed by atoms with Crippen LogP contribution in [0.25, 0.3) is 0 Å². The molecule has 22 heavy (non-hydrogen) atoms. The van der Waals surface area contributed by atoms with Crippen molar-refractivity contribution in [2.45, 2.75) is 11.3 Å². The smallest absolute Gasteiger partial charge is 0.211 e. The summed E-state index contributed by atoms with van der Waals surface area (Å²) in [5.74, 6) is 0. The number of benzene rings is 2. The minimum absolute atomic E-state index is 0.0391. The van der Waals surface area contributed by atoms with Gasteiger partial charge in [0.15, 0.2) is 0 Å². The van der Waals surface area contributed by atoms with Crippen molar-refractivity contribution in [1.29, 1.82) is 5.26 Å². The Bertz CT molecular complexity index is 809. The second-order valence-corrected chi connectivity index (χ2v) is 7.01. The first-order valence-corrected chi connectivity index (χ1v) is 8.61. The highest BCUT2D eigenvalue weighted by molar-refractivity contribution is 7.89. The number of nitriles is 1. The Kier molecular flexibility index (Phi) is 5.43. The summed E-state index contributed by atoms with van der Waals surface area (Å²) in [5.41, 5.74) is 0.785. The Balaban J connectivity index is 2.13. The van der Waals surface area contributed by atoms with Crippen LogP contribution in [-0.2, 0) is 16.4 Å². The molecular formula is C15H12Cl2N2O2S. The molecule has 0 saturated heterocycles. The van der Waals surface area contributed by atoms with Crippen molar-refractivity contribution in [3.63, 3.8) is 0 Å². The summed E-state index contributed by atoms with van der Waals surface area (Å²) in [5, 5.41) is 9.96. The number of rotatable bonds is 5. The minimum atomic E-state index is -3.76. The Hall–Kier alpha value is -1.58. The highest BCUT2D eigenvalue weighted by Gasteiger charge is 2.18. The Morgan fingerprint density at radius 3 is 2.32 bits per heavy atom. The van der Waals surface area contributed by atoms with Crippen molar-refractivity contribution in [1.82, 2.24) is 4.72 Å². The molecule has 2 aromatic carbocycles. The average molecular weight is 355 g/mol. The van der Waals surface area contributed by atoms with Crippen LogP contribution in [0.2, 0.25) is 10.0 Å². The molecule has 0 aliphatic carbocycles. The Morgan fingerprint density at radius 1 is 1.05 bits per heavy atom. The van der Waals surface area contributed by atoms with Gasteiger partial charge in [-0.05, 0) is 36.2 Å². The molecule has 2 rings (SSSR count). The lowest BCUT2D eigenvalue weighted by Crippen LogP contribution is -2.26. The molecular weight excluding hydrogens is 343 g/mol. The first-order chi connectivity index (χ1) is 10.5. The zero-order valence-electron chi connectivity index (χ0n) is 11.4. The number of hydrogen-bond donors (Lipinski definition) is 1. The molecule has 0 saturated carbocycles. The third kappa shape index (κ3) is 3.79. The number of halogens is 2. The summed E-state index contributed by atoms with van der Waals surface area (Å²) < 4.78 is 26.9. The van der Waals surface area contributed by atoms with Crippen molar-refractivity contribution in [2.24, 2.45) is 0 Å². The van der Waals surface area contributed by atoms with Gasteiger partial charge in [0.25, 0.3) is 0 Å². The van der Waals surface area contributed by atoms with Crippen molar-refractivity contribution in [2.75, 3.05) is 6.54 Å². The van der Waals surface area contributed by atoms with Crippen molar-refractivity contribution >= 4 is 33.2 Å². The van der Waals surface area contributed by atoms with Gasteiger partial charge in [0.1, 0.15) is 6.07 Å². The average Bonchev–Trinajstić information content (AvgIpc) is 2.50. The molecule has 0 amide bonds. The quantitative estimate of drug-likeness (QED) is 0.894. The van der Waals surface area contributed by atoms with Gasteiger partial charge >= 0.3 is 0 Å². The maximum Gasteiger partial charge on any atom is 0.241 e. The molecule has 0 radical (unpaired) electrons. The Labute approximate surface area is 139 Å². The molecule has 0 aliphatic rings. The predicted molar refractivity (Wildman–Crippen MR) is 86.5 cm³/mol. The molecule has 0 aliphatic heterocycles. The fraction of sp³-hybridized carbons (Fsp3) is 0.133. The minimum Gasteiger partial charge on any atom is -0.211 e. The maximum absolute atomic E-state index is 12.2. The topological polar surface area (TPSA) is 70.0 Å². The summed E-state index contributed by atoms with van der Waals surface area (Å²) in [6.07, 6.45) is 0.354. The van der Waals surface area contributed by atoms with Crippen LogP contribution in [0.1, 0.15) is 11.1 Å². The molecule has 0 spiro atoms. The lowest BCUT2D eigenvalue weighted by molar-refractivity contribution is 0.581. The van der Waals surface area contributed by atoms with E-state index < -0.39 is 10.0 Å². The zero-order valence-corrected chi connectivity index (χ0v) is 13.7. The van der Waals surface area contributed by atoms with Crippen LogP contribution in [0.4, 0.5) is 0 Å².